The zero-order chi connectivity index (χ0) is 13.9. The van der Waals surface area contributed by atoms with E-state index in [9.17, 15) is 0 Å². The molecule has 1 heterocycles. The molecule has 1 saturated carbocycles. The number of nitrogens with zero attached hydrogens (tertiary/aromatic N) is 2. The van der Waals surface area contributed by atoms with E-state index < -0.39 is 0 Å². The first kappa shape index (κ1) is 14.6. The van der Waals surface area contributed by atoms with Gasteiger partial charge >= 0.3 is 0 Å². The average Bonchev–Trinajstić information content (AvgIpc) is 2.98. The zero-order valence-electron chi connectivity index (χ0n) is 12.7. The van der Waals surface area contributed by atoms with Crippen LogP contribution in [0.25, 0.3) is 0 Å². The van der Waals surface area contributed by atoms with Crippen LogP contribution in [0.3, 0.4) is 0 Å². The van der Waals surface area contributed by atoms with Gasteiger partial charge in [0.1, 0.15) is 5.82 Å². The summed E-state index contributed by atoms with van der Waals surface area (Å²) in [6, 6.07) is 0.255. The predicted molar refractivity (Wildman–Crippen MR) is 79.9 cm³/mol. The van der Waals surface area contributed by atoms with Crippen LogP contribution in [0.4, 0.5) is 0 Å². The highest BCUT2D eigenvalue weighted by atomic mass is 15.1. The number of aromatic nitrogens is 2. The van der Waals surface area contributed by atoms with Crippen LogP contribution in [0.15, 0.2) is 12.4 Å². The second kappa shape index (κ2) is 6.08. The van der Waals surface area contributed by atoms with Crippen LogP contribution in [0.5, 0.6) is 0 Å². The molecular formula is C16H29N3. The van der Waals surface area contributed by atoms with Crippen molar-refractivity contribution < 1.29 is 0 Å². The molecule has 0 amide bonds. The smallest absolute Gasteiger partial charge is 0.110 e. The van der Waals surface area contributed by atoms with Crippen molar-refractivity contribution in [3.05, 3.63) is 18.2 Å². The van der Waals surface area contributed by atoms with Gasteiger partial charge < -0.3 is 10.3 Å². The van der Waals surface area contributed by atoms with Crippen LogP contribution in [0.2, 0.25) is 0 Å². The summed E-state index contributed by atoms with van der Waals surface area (Å²) in [6.07, 6.45) is 11.5. The lowest BCUT2D eigenvalue weighted by Gasteiger charge is -2.37. The summed E-state index contributed by atoms with van der Waals surface area (Å²) in [5.74, 6) is 1.89. The van der Waals surface area contributed by atoms with Gasteiger partial charge in [0.05, 0.1) is 0 Å². The minimum Gasteiger partial charge on any atom is -0.335 e. The maximum absolute atomic E-state index is 6.62. The van der Waals surface area contributed by atoms with Gasteiger partial charge in [0.25, 0.3) is 0 Å². The van der Waals surface area contributed by atoms with Gasteiger partial charge in [0.15, 0.2) is 0 Å². The first-order valence-electron chi connectivity index (χ1n) is 7.83. The Hall–Kier alpha value is -0.830. The van der Waals surface area contributed by atoms with Gasteiger partial charge in [-0.2, -0.15) is 0 Å². The zero-order valence-corrected chi connectivity index (χ0v) is 12.7. The first-order valence-corrected chi connectivity index (χ1v) is 7.83. The molecule has 0 radical (unpaired) electrons. The Morgan fingerprint density at radius 3 is 2.63 bits per heavy atom. The molecule has 1 fully saturated rings. The second-order valence-corrected chi connectivity index (χ2v) is 6.61. The Morgan fingerprint density at radius 2 is 2.05 bits per heavy atom. The molecule has 2 rings (SSSR count). The van der Waals surface area contributed by atoms with Crippen LogP contribution in [0.1, 0.15) is 58.7 Å². The SMILES string of the molecule is CCn1ccnc1CC(N)C1(CC(C)C)CCCC1. The molecule has 3 heteroatoms. The molecule has 1 aliphatic rings. The molecule has 19 heavy (non-hydrogen) atoms. The van der Waals surface area contributed by atoms with Crippen molar-refractivity contribution in [1.82, 2.24) is 9.55 Å². The van der Waals surface area contributed by atoms with Crippen LogP contribution < -0.4 is 5.73 Å². The lowest BCUT2D eigenvalue weighted by atomic mass is 9.72. The van der Waals surface area contributed by atoms with Crippen molar-refractivity contribution in [2.75, 3.05) is 0 Å². The monoisotopic (exact) mass is 263 g/mol. The Balaban J connectivity index is 2.09. The minimum absolute atomic E-state index is 0.255. The quantitative estimate of drug-likeness (QED) is 0.855. The Morgan fingerprint density at radius 1 is 1.37 bits per heavy atom. The molecule has 0 bridgehead atoms. The number of hydrogen-bond donors (Lipinski definition) is 1. The lowest BCUT2D eigenvalue weighted by Crippen LogP contribution is -2.43. The van der Waals surface area contributed by atoms with E-state index in [0.717, 1.165) is 24.7 Å². The van der Waals surface area contributed by atoms with Crippen molar-refractivity contribution in [3.8, 4) is 0 Å². The molecule has 1 atom stereocenters. The van der Waals surface area contributed by atoms with Gasteiger partial charge in [-0.3, -0.25) is 0 Å². The van der Waals surface area contributed by atoms with Gasteiger partial charge in [0.2, 0.25) is 0 Å². The highest BCUT2D eigenvalue weighted by molar-refractivity contribution is 5.01. The molecule has 1 unspecified atom stereocenters. The van der Waals surface area contributed by atoms with Gasteiger partial charge in [-0.05, 0) is 37.5 Å². The largest absolute Gasteiger partial charge is 0.335 e. The molecule has 1 aromatic heterocycles. The molecule has 2 N–H and O–H groups in total. The number of hydrogen-bond acceptors (Lipinski definition) is 2. The summed E-state index contributed by atoms with van der Waals surface area (Å²) >= 11 is 0. The molecule has 1 aliphatic carbocycles. The third kappa shape index (κ3) is 3.19. The number of imidazole rings is 1. The molecule has 0 saturated heterocycles. The lowest BCUT2D eigenvalue weighted by molar-refractivity contribution is 0.179. The van der Waals surface area contributed by atoms with Gasteiger partial charge in [-0.25, -0.2) is 4.98 Å². The topological polar surface area (TPSA) is 43.8 Å². The average molecular weight is 263 g/mol. The number of nitrogens with two attached hydrogens (primary N) is 1. The predicted octanol–water partition coefficient (Wildman–Crippen LogP) is 3.38. The van der Waals surface area contributed by atoms with Crippen molar-refractivity contribution in [3.63, 3.8) is 0 Å². The van der Waals surface area contributed by atoms with Gasteiger partial charge in [-0.1, -0.05) is 26.7 Å². The van der Waals surface area contributed by atoms with Crippen molar-refractivity contribution in [1.29, 1.82) is 0 Å². The fraction of sp³-hybridized carbons (Fsp3) is 0.812. The van der Waals surface area contributed by atoms with Crippen LogP contribution in [0, 0.1) is 11.3 Å². The standard InChI is InChI=1S/C16H29N3/c1-4-19-10-9-18-15(19)11-14(17)16(12-13(2)3)7-5-6-8-16/h9-10,13-14H,4-8,11-12,17H2,1-3H3. The van der Waals surface area contributed by atoms with E-state index in [1.807, 2.05) is 6.20 Å². The third-order valence-corrected chi connectivity index (χ3v) is 4.75. The summed E-state index contributed by atoms with van der Waals surface area (Å²) in [5.41, 5.74) is 6.98. The minimum atomic E-state index is 0.255. The van der Waals surface area contributed by atoms with Gasteiger partial charge in [0, 0.05) is 31.4 Å². The molecule has 0 aliphatic heterocycles. The third-order valence-electron chi connectivity index (χ3n) is 4.75. The molecule has 1 aromatic rings. The Kier molecular flexibility index (Phi) is 4.67. The van der Waals surface area contributed by atoms with E-state index in [2.05, 4.69) is 36.5 Å². The van der Waals surface area contributed by atoms with Crippen LogP contribution >= 0.6 is 0 Å². The van der Waals surface area contributed by atoms with E-state index in [4.69, 9.17) is 5.73 Å². The number of rotatable bonds is 6. The van der Waals surface area contributed by atoms with E-state index >= 15 is 0 Å². The van der Waals surface area contributed by atoms with Crippen molar-refractivity contribution in [2.45, 2.75) is 71.9 Å². The summed E-state index contributed by atoms with van der Waals surface area (Å²) in [4.78, 5) is 4.49. The fourth-order valence-electron chi connectivity index (χ4n) is 3.85. The van der Waals surface area contributed by atoms with E-state index in [1.165, 1.54) is 32.1 Å². The second-order valence-electron chi connectivity index (χ2n) is 6.61. The van der Waals surface area contributed by atoms with Crippen molar-refractivity contribution >= 4 is 0 Å². The highest BCUT2D eigenvalue weighted by Crippen LogP contribution is 2.45. The summed E-state index contributed by atoms with van der Waals surface area (Å²) in [6.45, 7) is 7.79. The maximum atomic E-state index is 6.62. The Bertz CT molecular complexity index is 388. The fourth-order valence-corrected chi connectivity index (χ4v) is 3.85. The molecule has 0 aromatic carbocycles. The number of aryl methyl sites for hydroxylation is 1. The first-order chi connectivity index (χ1) is 9.07. The van der Waals surface area contributed by atoms with Crippen molar-refractivity contribution in [2.24, 2.45) is 17.1 Å². The Labute approximate surface area is 117 Å². The maximum Gasteiger partial charge on any atom is 0.110 e. The molecule has 3 nitrogen and oxygen atoms in total. The van der Waals surface area contributed by atoms with E-state index in [0.29, 0.717) is 5.41 Å². The van der Waals surface area contributed by atoms with Crippen LogP contribution in [-0.2, 0) is 13.0 Å². The summed E-state index contributed by atoms with van der Waals surface area (Å²) in [5, 5.41) is 0. The summed E-state index contributed by atoms with van der Waals surface area (Å²) in [7, 11) is 0. The summed E-state index contributed by atoms with van der Waals surface area (Å²) < 4.78 is 2.22. The van der Waals surface area contributed by atoms with Crippen LogP contribution in [-0.4, -0.2) is 15.6 Å². The molecule has 108 valence electrons. The van der Waals surface area contributed by atoms with E-state index in [-0.39, 0.29) is 6.04 Å². The highest BCUT2D eigenvalue weighted by Gasteiger charge is 2.40. The van der Waals surface area contributed by atoms with E-state index in [1.54, 1.807) is 0 Å². The molecule has 0 spiro atoms. The van der Waals surface area contributed by atoms with Gasteiger partial charge in [-0.15, -0.1) is 0 Å². The normalized spacial score (nSPS) is 20.1. The molecular weight excluding hydrogens is 234 g/mol.